The van der Waals surface area contributed by atoms with Crippen molar-refractivity contribution in [2.24, 2.45) is 0 Å². The van der Waals surface area contributed by atoms with Gasteiger partial charge in [-0.15, -0.1) is 0 Å². The molecular formula is C27H29ClN2O2. The molecule has 4 rings (SSSR count). The lowest BCUT2D eigenvalue weighted by atomic mass is 9.93. The molecule has 3 aromatic rings. The highest BCUT2D eigenvalue weighted by Gasteiger charge is 2.25. The van der Waals surface area contributed by atoms with Crippen molar-refractivity contribution in [3.63, 3.8) is 0 Å². The first kappa shape index (κ1) is 22.3. The van der Waals surface area contributed by atoms with Crippen molar-refractivity contribution in [3.8, 4) is 5.75 Å². The zero-order chi connectivity index (χ0) is 22.3. The zero-order valence-corrected chi connectivity index (χ0v) is 19.2. The van der Waals surface area contributed by atoms with Crippen LogP contribution in [0.15, 0.2) is 66.9 Å². The largest absolute Gasteiger partial charge is 0.493 e. The fraction of sp³-hybridized carbons (Fsp3) is 0.333. The van der Waals surface area contributed by atoms with Crippen molar-refractivity contribution in [2.75, 3.05) is 19.7 Å². The van der Waals surface area contributed by atoms with E-state index in [2.05, 4.69) is 12.1 Å². The molecule has 0 aliphatic carbocycles. The van der Waals surface area contributed by atoms with Crippen molar-refractivity contribution in [2.45, 2.75) is 38.5 Å². The number of likely N-dealkylation sites (tertiary alicyclic amines) is 1. The van der Waals surface area contributed by atoms with Gasteiger partial charge in [-0.1, -0.05) is 48.0 Å². The predicted octanol–water partition coefficient (Wildman–Crippen LogP) is 5.81. The quantitative estimate of drug-likeness (QED) is 0.458. The third-order valence-electron chi connectivity index (χ3n) is 6.03. The number of pyridine rings is 1. The highest BCUT2D eigenvalue weighted by Crippen LogP contribution is 2.26. The van der Waals surface area contributed by atoms with Crippen LogP contribution in [0.25, 0.3) is 0 Å². The average Bonchev–Trinajstić information content (AvgIpc) is 2.82. The molecule has 0 saturated carbocycles. The second-order valence-corrected chi connectivity index (χ2v) is 8.87. The van der Waals surface area contributed by atoms with Crippen LogP contribution in [-0.4, -0.2) is 35.5 Å². The SMILES string of the molecule is Cc1ccccc1OCCC(=O)N1CCC[C@@H](c2ccc(Cc3ccc(Cl)cc3)cn2)C1. The number of ether oxygens (including phenoxy) is 1. The molecule has 1 amide bonds. The van der Waals surface area contributed by atoms with E-state index in [4.69, 9.17) is 21.3 Å². The number of hydrogen-bond donors (Lipinski definition) is 0. The Balaban J connectivity index is 1.29. The molecule has 166 valence electrons. The molecule has 0 spiro atoms. The topological polar surface area (TPSA) is 42.4 Å². The van der Waals surface area contributed by atoms with Crippen molar-refractivity contribution < 1.29 is 9.53 Å². The Kier molecular flexibility index (Phi) is 7.43. The van der Waals surface area contributed by atoms with Crippen LogP contribution in [0.1, 0.15) is 47.6 Å². The van der Waals surface area contributed by atoms with Crippen LogP contribution in [-0.2, 0) is 11.2 Å². The number of halogens is 1. The fourth-order valence-corrected chi connectivity index (χ4v) is 4.32. The third kappa shape index (κ3) is 5.89. The molecule has 1 fully saturated rings. The van der Waals surface area contributed by atoms with Gasteiger partial charge in [0.15, 0.2) is 0 Å². The molecule has 0 bridgehead atoms. The summed E-state index contributed by atoms with van der Waals surface area (Å²) in [5, 5.41) is 0.750. The summed E-state index contributed by atoms with van der Waals surface area (Å²) in [5.74, 6) is 1.29. The van der Waals surface area contributed by atoms with Crippen LogP contribution >= 0.6 is 11.6 Å². The molecular weight excluding hydrogens is 420 g/mol. The maximum atomic E-state index is 12.7. The van der Waals surface area contributed by atoms with E-state index in [0.717, 1.165) is 54.4 Å². The molecule has 1 atom stereocenters. The van der Waals surface area contributed by atoms with Crippen molar-refractivity contribution in [1.82, 2.24) is 9.88 Å². The highest BCUT2D eigenvalue weighted by molar-refractivity contribution is 6.30. The number of carbonyl (C=O) groups is 1. The lowest BCUT2D eigenvalue weighted by Gasteiger charge is -2.32. The highest BCUT2D eigenvalue weighted by atomic mass is 35.5. The van der Waals surface area contributed by atoms with Crippen LogP contribution in [0.2, 0.25) is 5.02 Å². The van der Waals surface area contributed by atoms with Gasteiger partial charge >= 0.3 is 0 Å². The number of piperidine rings is 1. The summed E-state index contributed by atoms with van der Waals surface area (Å²) in [6.45, 7) is 3.96. The number of para-hydroxylation sites is 1. The Morgan fingerprint density at radius 1 is 1.09 bits per heavy atom. The van der Waals surface area contributed by atoms with E-state index in [0.29, 0.717) is 13.0 Å². The van der Waals surface area contributed by atoms with Crippen LogP contribution in [0.5, 0.6) is 5.75 Å². The molecule has 0 N–H and O–H groups in total. The van der Waals surface area contributed by atoms with Crippen LogP contribution < -0.4 is 4.74 Å². The van der Waals surface area contributed by atoms with Gasteiger partial charge in [-0.05, 0) is 67.1 Å². The summed E-state index contributed by atoms with van der Waals surface area (Å²) >= 11 is 5.97. The summed E-state index contributed by atoms with van der Waals surface area (Å²) in [6.07, 6.45) is 5.26. The molecule has 2 heterocycles. The lowest BCUT2D eigenvalue weighted by Crippen LogP contribution is -2.39. The Labute approximate surface area is 195 Å². The Bertz CT molecular complexity index is 1030. The van der Waals surface area contributed by atoms with E-state index in [1.54, 1.807) is 0 Å². The Hall–Kier alpha value is -2.85. The number of aryl methyl sites for hydroxylation is 1. The van der Waals surface area contributed by atoms with Gasteiger partial charge in [0, 0.05) is 35.9 Å². The first-order chi connectivity index (χ1) is 15.6. The minimum absolute atomic E-state index is 0.155. The monoisotopic (exact) mass is 448 g/mol. The van der Waals surface area contributed by atoms with Gasteiger partial charge in [0.1, 0.15) is 5.75 Å². The average molecular weight is 449 g/mol. The van der Waals surface area contributed by atoms with E-state index >= 15 is 0 Å². The summed E-state index contributed by atoms with van der Waals surface area (Å²) in [6, 6.07) is 20.1. The van der Waals surface area contributed by atoms with Gasteiger partial charge in [0.25, 0.3) is 0 Å². The van der Waals surface area contributed by atoms with E-state index < -0.39 is 0 Å². The molecule has 1 saturated heterocycles. The van der Waals surface area contributed by atoms with E-state index in [1.807, 2.05) is 66.6 Å². The van der Waals surface area contributed by atoms with Crippen molar-refractivity contribution in [1.29, 1.82) is 0 Å². The maximum Gasteiger partial charge on any atom is 0.226 e. The van der Waals surface area contributed by atoms with Gasteiger partial charge in [-0.2, -0.15) is 0 Å². The minimum atomic E-state index is 0.155. The second-order valence-electron chi connectivity index (χ2n) is 8.44. The smallest absolute Gasteiger partial charge is 0.226 e. The molecule has 1 aliphatic rings. The molecule has 0 radical (unpaired) electrons. The predicted molar refractivity (Wildman–Crippen MR) is 128 cm³/mol. The molecule has 0 unspecified atom stereocenters. The number of rotatable bonds is 7. The molecule has 2 aromatic carbocycles. The van der Waals surface area contributed by atoms with Gasteiger partial charge < -0.3 is 9.64 Å². The zero-order valence-electron chi connectivity index (χ0n) is 18.5. The summed E-state index contributed by atoms with van der Waals surface area (Å²) in [7, 11) is 0. The number of benzene rings is 2. The first-order valence-electron chi connectivity index (χ1n) is 11.2. The molecule has 32 heavy (non-hydrogen) atoms. The van der Waals surface area contributed by atoms with Crippen molar-refractivity contribution in [3.05, 3.63) is 94.3 Å². The summed E-state index contributed by atoms with van der Waals surface area (Å²) in [4.78, 5) is 19.5. The first-order valence-corrected chi connectivity index (χ1v) is 11.6. The molecule has 5 heteroatoms. The maximum absolute atomic E-state index is 12.7. The lowest BCUT2D eigenvalue weighted by molar-refractivity contribution is -0.132. The number of nitrogens with zero attached hydrogens (tertiary/aromatic N) is 2. The third-order valence-corrected chi connectivity index (χ3v) is 6.28. The van der Waals surface area contributed by atoms with Crippen LogP contribution in [0, 0.1) is 6.92 Å². The summed E-state index contributed by atoms with van der Waals surface area (Å²) in [5.41, 5.74) is 4.54. The summed E-state index contributed by atoms with van der Waals surface area (Å²) < 4.78 is 5.81. The van der Waals surface area contributed by atoms with Gasteiger partial charge in [-0.25, -0.2) is 0 Å². The fourth-order valence-electron chi connectivity index (χ4n) is 4.19. The van der Waals surface area contributed by atoms with E-state index in [9.17, 15) is 4.79 Å². The molecule has 1 aliphatic heterocycles. The Morgan fingerprint density at radius 3 is 2.62 bits per heavy atom. The normalized spacial score (nSPS) is 16.1. The number of amides is 1. The second kappa shape index (κ2) is 10.6. The van der Waals surface area contributed by atoms with Gasteiger partial charge in [-0.3, -0.25) is 9.78 Å². The number of carbonyl (C=O) groups excluding carboxylic acids is 1. The van der Waals surface area contributed by atoms with E-state index in [1.165, 1.54) is 11.1 Å². The molecule has 4 nitrogen and oxygen atoms in total. The minimum Gasteiger partial charge on any atom is -0.493 e. The molecule has 1 aromatic heterocycles. The Morgan fingerprint density at radius 2 is 1.88 bits per heavy atom. The van der Waals surface area contributed by atoms with Crippen LogP contribution in [0.4, 0.5) is 0 Å². The van der Waals surface area contributed by atoms with Gasteiger partial charge in [0.05, 0.1) is 13.0 Å². The number of hydrogen-bond acceptors (Lipinski definition) is 3. The standard InChI is InChI=1S/C27H29ClN2O2/c1-20-5-2-3-7-26(20)32-16-14-27(31)30-15-4-6-23(19-30)25-13-10-22(18-29-25)17-21-8-11-24(28)12-9-21/h2-3,5,7-13,18,23H,4,6,14-17,19H2,1H3/t23-/m1/s1. The van der Waals surface area contributed by atoms with E-state index in [-0.39, 0.29) is 11.8 Å². The van der Waals surface area contributed by atoms with Crippen LogP contribution in [0.3, 0.4) is 0 Å². The van der Waals surface area contributed by atoms with Crippen molar-refractivity contribution >= 4 is 17.5 Å². The van der Waals surface area contributed by atoms with Gasteiger partial charge in [0.2, 0.25) is 5.91 Å². The number of aromatic nitrogens is 1.